The summed E-state index contributed by atoms with van der Waals surface area (Å²) in [6, 6.07) is 0. The average molecular weight is 1110 g/mol. The van der Waals surface area contributed by atoms with Gasteiger partial charge >= 0.3 is 5.97 Å². The van der Waals surface area contributed by atoms with Crippen molar-refractivity contribution in [2.45, 2.75) is 77.3 Å². The number of allylic oxidation sites excluding steroid dienone is 1. The first-order chi connectivity index (χ1) is 23.0. The van der Waals surface area contributed by atoms with E-state index in [9.17, 15) is 9.90 Å². The second-order valence-electron chi connectivity index (χ2n) is 12.7. The Morgan fingerprint density at radius 1 is 0.900 bits per heavy atom. The van der Waals surface area contributed by atoms with E-state index in [1.807, 2.05) is 6.92 Å². The van der Waals surface area contributed by atoms with Crippen molar-refractivity contribution in [1.29, 1.82) is 0 Å². The second kappa shape index (κ2) is 22.8. The van der Waals surface area contributed by atoms with Crippen LogP contribution in [0.25, 0.3) is 0 Å². The van der Waals surface area contributed by atoms with Crippen molar-refractivity contribution in [2.24, 2.45) is 16.7 Å². The molecule has 0 aromatic carbocycles. The molecule has 2 bridgehead atoms. The average Bonchev–Trinajstić information content (AvgIpc) is 3.19. The summed E-state index contributed by atoms with van der Waals surface area (Å²) < 4.78 is 21.0. The molecule has 1 heterocycles. The molecule has 19 unspecified atom stereocenters. The molecule has 3 rings (SSSR count). The van der Waals surface area contributed by atoms with E-state index in [1.54, 1.807) is 6.08 Å². The maximum absolute atomic E-state index is 15.1. The molecule has 1 saturated carbocycles. The normalized spacial score (nSPS) is 32.7. The number of Topliss-reactive ketones (excluding diaryl/α,β-unsaturated/α-hetero) is 1. The Bertz CT molecular complexity index is 1260. The standard InChI is InChI=1S/C21H53O6P23/c1-6-7-8-15-20(5)10-14(27-41(43(29)30)49(40-28)45(33)34)16-11(2)13(26-42(48(39)44(31)32)50(46(35)36)47(37)38)9-12(19(16,3)4)17(22)21(20,24)18(23)25-15/h6,12-15,24,40H,1,7-10,28-39H2,2-5H3/t12?,13-,14+,15?,20+,21-,41?,42?,48?,49?/m0/s1. The smallest absolute Gasteiger partial charge is 0.347 e. The number of ketones is 1. The maximum Gasteiger partial charge on any atom is 0.347 e. The Morgan fingerprint density at radius 3 is 1.92 bits per heavy atom. The number of fused-ring (bicyclic) bond motifs is 3. The number of esters is 1. The van der Waals surface area contributed by atoms with Crippen molar-refractivity contribution in [1.82, 2.24) is 0 Å². The molecule has 288 valence electrons. The van der Waals surface area contributed by atoms with Gasteiger partial charge in [-0.25, -0.2) is 4.79 Å². The highest BCUT2D eigenvalue weighted by molar-refractivity contribution is 9.19. The summed E-state index contributed by atoms with van der Waals surface area (Å²) in [5.74, 6) is -1.91. The number of hydrogen-bond acceptors (Lipinski definition) is 6. The first-order valence-electron chi connectivity index (χ1n) is 14.9. The zero-order valence-electron chi connectivity index (χ0n) is 28.3. The Kier molecular flexibility index (Phi) is 24.1. The lowest BCUT2D eigenvalue weighted by molar-refractivity contribution is -0.172. The van der Waals surface area contributed by atoms with Crippen molar-refractivity contribution in [2.75, 3.05) is 0 Å². The van der Waals surface area contributed by atoms with Gasteiger partial charge in [-0.15, -0.1) is 105 Å². The fourth-order valence-corrected chi connectivity index (χ4v) is 169. The highest BCUT2D eigenvalue weighted by atomic mass is 33.2. The number of rotatable bonds is 16. The fraction of sp³-hybridized carbons (Fsp3) is 0.714. The Hall–Kier alpha value is 8.39. The minimum Gasteiger partial charge on any atom is -0.459 e. The van der Waals surface area contributed by atoms with Gasteiger partial charge in [-0.2, -0.15) is 0 Å². The molecule has 2 aliphatic carbocycles. The molecule has 1 N–H and O–H groups in total. The van der Waals surface area contributed by atoms with E-state index in [4.69, 9.17) is 13.8 Å². The van der Waals surface area contributed by atoms with Crippen molar-refractivity contribution in [3.8, 4) is 0 Å². The molecule has 3 aliphatic rings. The van der Waals surface area contributed by atoms with Gasteiger partial charge in [-0.3, -0.25) is 4.79 Å². The van der Waals surface area contributed by atoms with Crippen molar-refractivity contribution >= 4 is 198 Å². The van der Waals surface area contributed by atoms with Crippen molar-refractivity contribution in [3.63, 3.8) is 0 Å². The van der Waals surface area contributed by atoms with Crippen LogP contribution in [0.2, 0.25) is 0 Å². The molecule has 0 radical (unpaired) electrons. The predicted octanol–water partition coefficient (Wildman–Crippen LogP) is 15.8. The third kappa shape index (κ3) is 11.5. The van der Waals surface area contributed by atoms with E-state index in [-0.39, 0.29) is 6.10 Å². The van der Waals surface area contributed by atoms with Crippen LogP contribution in [0, 0.1) is 16.7 Å². The third-order valence-electron chi connectivity index (χ3n) is 9.36. The highest BCUT2D eigenvalue weighted by Crippen LogP contribution is 3.18. The summed E-state index contributed by atoms with van der Waals surface area (Å²) in [5.41, 5.74) is -1.89. The van der Waals surface area contributed by atoms with Gasteiger partial charge in [0.25, 0.3) is 0 Å². The van der Waals surface area contributed by atoms with Crippen molar-refractivity contribution in [3.05, 3.63) is 23.8 Å². The lowest BCUT2D eigenvalue weighted by Gasteiger charge is -2.54. The largest absolute Gasteiger partial charge is 0.459 e. The molecule has 1 saturated heterocycles. The van der Waals surface area contributed by atoms with E-state index < -0.39 is 117 Å². The third-order valence-corrected chi connectivity index (χ3v) is 127. The molecule has 50 heavy (non-hydrogen) atoms. The van der Waals surface area contributed by atoms with Crippen LogP contribution in [0.5, 0.6) is 0 Å². The van der Waals surface area contributed by atoms with Gasteiger partial charge in [-0.1, -0.05) is 43.7 Å². The quantitative estimate of drug-likeness (QED) is 0.0718. The number of ether oxygens (including phenoxy) is 1. The van der Waals surface area contributed by atoms with Crippen LogP contribution in [-0.2, 0) is 23.4 Å². The predicted molar refractivity (Wildman–Crippen MR) is 290 cm³/mol. The molecule has 23 atom stereocenters. The van der Waals surface area contributed by atoms with E-state index in [1.165, 1.54) is 0 Å². The number of carbonyl (C=O) groups excluding carboxylic acids is 2. The maximum atomic E-state index is 15.1. The number of carbonyl (C=O) groups is 2. The Labute approximate surface area is 341 Å². The summed E-state index contributed by atoms with van der Waals surface area (Å²) in [4.78, 5) is 29.0. The second-order valence-corrected chi connectivity index (χ2v) is 95.9. The van der Waals surface area contributed by atoms with E-state index in [0.717, 1.165) is 11.1 Å². The first-order valence-corrected chi connectivity index (χ1v) is 55.2. The van der Waals surface area contributed by atoms with Gasteiger partial charge in [0, 0.05) is 26.9 Å². The van der Waals surface area contributed by atoms with E-state index >= 15 is 4.79 Å². The van der Waals surface area contributed by atoms with Crippen LogP contribution in [0.15, 0.2) is 23.8 Å². The molecule has 2 fully saturated rings. The summed E-state index contributed by atoms with van der Waals surface area (Å²) in [5, 5.41) is 12.7. The van der Waals surface area contributed by atoms with Crippen LogP contribution in [-0.4, -0.2) is 40.8 Å². The Balaban J connectivity index is 2.36. The van der Waals surface area contributed by atoms with Gasteiger partial charge < -0.3 is 18.9 Å². The molecule has 0 amide bonds. The summed E-state index contributed by atoms with van der Waals surface area (Å²) in [6.07, 6.45) is 2.22. The molecule has 6 nitrogen and oxygen atoms in total. The van der Waals surface area contributed by atoms with Gasteiger partial charge in [0.15, 0.2) is 5.78 Å². The van der Waals surface area contributed by atoms with E-state index in [0.29, 0.717) is 33.6 Å². The monoisotopic (exact) mass is 1110 g/mol. The molecule has 1 aliphatic heterocycles. The van der Waals surface area contributed by atoms with Crippen LogP contribution in [0.4, 0.5) is 0 Å². The summed E-state index contributed by atoms with van der Waals surface area (Å²) in [7, 11) is 35.7. The fourth-order valence-electron chi connectivity index (χ4n) is 6.91. The topological polar surface area (TPSA) is 82.1 Å². The highest BCUT2D eigenvalue weighted by Gasteiger charge is 2.72. The lowest BCUT2D eigenvalue weighted by atomic mass is 9.52. The minimum absolute atomic E-state index is 0.301. The van der Waals surface area contributed by atoms with Crippen molar-refractivity contribution < 1.29 is 28.5 Å². The summed E-state index contributed by atoms with van der Waals surface area (Å²) >= 11 is 0. The summed E-state index contributed by atoms with van der Waals surface area (Å²) in [6.45, 7) is 8.56. The van der Waals surface area contributed by atoms with Gasteiger partial charge in [0.2, 0.25) is 5.60 Å². The number of aliphatic hydroxyl groups is 1. The van der Waals surface area contributed by atoms with E-state index in [2.05, 4.69) is 134 Å². The lowest BCUT2D eigenvalue weighted by Crippen LogP contribution is -2.64. The van der Waals surface area contributed by atoms with Gasteiger partial charge in [0.05, 0.1) is 32.7 Å². The molecular formula is C21H53O6P23. The van der Waals surface area contributed by atoms with Gasteiger partial charge in [0.1, 0.15) is 6.10 Å². The number of hydrogen-bond donors (Lipinski definition) is 1. The zero-order chi connectivity index (χ0) is 38.3. The van der Waals surface area contributed by atoms with Crippen LogP contribution < -0.4 is 0 Å². The molecule has 0 aromatic heterocycles. The first kappa shape index (κ1) is 52.7. The SMILES string of the molecule is C=CCCC1OC(=O)[C@@]2(O)C(=O)C3C[C@H](OP(P(P)P(P)P)P(P(P)P)P(P)P)C(C)=C([C@H](OP(P(P)P)P(PP)P(P)P)C[C@]12C)C3(C)C. The molecular weight excluding hydrogens is 1060 g/mol. The zero-order valence-corrected chi connectivity index (χ0v) is 52.1. The molecule has 0 spiro atoms. The van der Waals surface area contributed by atoms with Crippen LogP contribution in [0.3, 0.4) is 0 Å². The molecule has 29 heteroatoms. The minimum atomic E-state index is -2.29. The Morgan fingerprint density at radius 2 is 1.46 bits per heavy atom. The number of cyclic esters (lactones) is 1. The molecule has 0 aromatic rings. The van der Waals surface area contributed by atoms with Crippen LogP contribution in [0.1, 0.15) is 53.4 Å². The van der Waals surface area contributed by atoms with Crippen LogP contribution >= 0.6 is 186 Å². The van der Waals surface area contributed by atoms with Gasteiger partial charge in [-0.05, 0) is 84.1 Å².